The number of rotatable bonds is 8. The molecule has 0 radical (unpaired) electrons. The molecule has 8 nitrogen and oxygen atoms in total. The van der Waals surface area contributed by atoms with Gasteiger partial charge in [-0.1, -0.05) is 12.1 Å². The molecule has 12 heteroatoms. The molecule has 1 N–H and O–H groups in total. The van der Waals surface area contributed by atoms with Gasteiger partial charge in [0.2, 0.25) is 10.0 Å². The van der Waals surface area contributed by atoms with Crippen molar-refractivity contribution in [2.24, 2.45) is 0 Å². The quantitative estimate of drug-likeness (QED) is 0.468. The Morgan fingerprint density at radius 1 is 1.03 bits per heavy atom. The zero-order valence-corrected chi connectivity index (χ0v) is 17.7. The van der Waals surface area contributed by atoms with Crippen LogP contribution in [0.1, 0.15) is 5.56 Å². The molecule has 2 aromatic carbocycles. The minimum atomic E-state index is -4.80. The van der Waals surface area contributed by atoms with Gasteiger partial charge < -0.3 is 14.8 Å². The van der Waals surface area contributed by atoms with Crippen LogP contribution in [0.5, 0.6) is 5.75 Å². The second-order valence-electron chi connectivity index (χ2n) is 6.42. The Morgan fingerprint density at radius 2 is 1.62 bits per heavy atom. The Balaban J connectivity index is 1.83. The van der Waals surface area contributed by atoms with Crippen molar-refractivity contribution in [1.82, 2.24) is 4.31 Å². The summed E-state index contributed by atoms with van der Waals surface area (Å²) in [7, 11) is -0.809. The molecule has 0 bridgehead atoms. The van der Waals surface area contributed by atoms with Crippen LogP contribution in [-0.4, -0.2) is 51.7 Å². The van der Waals surface area contributed by atoms with Crippen molar-refractivity contribution in [1.29, 1.82) is 0 Å². The molecule has 1 amide bonds. The normalized spacial score (nSPS) is 12.1. The molecule has 0 saturated heterocycles. The van der Waals surface area contributed by atoms with E-state index in [0.29, 0.717) is 11.3 Å². The number of esters is 1. The molecule has 0 aliphatic carbocycles. The van der Waals surface area contributed by atoms with Crippen LogP contribution in [0.25, 0.3) is 6.08 Å². The Bertz CT molecular complexity index is 1080. The average Bonchev–Trinajstić information content (AvgIpc) is 2.71. The van der Waals surface area contributed by atoms with Crippen molar-refractivity contribution in [3.05, 3.63) is 60.2 Å². The van der Waals surface area contributed by atoms with E-state index in [2.05, 4.69) is 10.1 Å². The molecule has 0 atom stereocenters. The first-order valence-electron chi connectivity index (χ1n) is 8.90. The molecule has 0 heterocycles. The summed E-state index contributed by atoms with van der Waals surface area (Å²) in [5.41, 5.74) is 0.717. The van der Waals surface area contributed by atoms with E-state index < -0.39 is 40.6 Å². The fourth-order valence-electron chi connectivity index (χ4n) is 2.25. The molecule has 172 valence electrons. The fourth-order valence-corrected chi connectivity index (χ4v) is 3.15. The highest BCUT2D eigenvalue weighted by Gasteiger charge is 2.30. The lowest BCUT2D eigenvalue weighted by Crippen LogP contribution is -2.22. The van der Waals surface area contributed by atoms with Crippen molar-refractivity contribution in [2.45, 2.75) is 11.3 Å². The largest absolute Gasteiger partial charge is 0.573 e. The molecule has 0 saturated carbocycles. The Labute approximate surface area is 182 Å². The van der Waals surface area contributed by atoms with Crippen LogP contribution in [0.3, 0.4) is 0 Å². The average molecular weight is 472 g/mol. The van der Waals surface area contributed by atoms with Crippen LogP contribution < -0.4 is 10.1 Å². The molecular weight excluding hydrogens is 453 g/mol. The standard InChI is InChI=1S/C20H19F3N2O6S/c1-25(2)32(28,29)17-10-6-15(7-11-17)24-18(26)13-30-19(27)12-5-14-3-8-16(9-4-14)31-20(21,22)23/h3-12H,13H2,1-2H3,(H,24,26)/b12-5+. The van der Waals surface area contributed by atoms with E-state index >= 15 is 0 Å². The van der Waals surface area contributed by atoms with Crippen LogP contribution in [0.2, 0.25) is 0 Å². The Hall–Kier alpha value is -3.38. The number of nitrogens with one attached hydrogen (secondary N) is 1. The fraction of sp³-hybridized carbons (Fsp3) is 0.200. The third kappa shape index (κ3) is 7.71. The second-order valence-corrected chi connectivity index (χ2v) is 8.57. The number of carbonyl (C=O) groups is 2. The number of anilines is 1. The second kappa shape index (κ2) is 10.3. The Kier molecular flexibility index (Phi) is 8.00. The summed E-state index contributed by atoms with van der Waals surface area (Å²) in [5.74, 6) is -1.90. The van der Waals surface area contributed by atoms with E-state index in [4.69, 9.17) is 4.74 Å². The van der Waals surface area contributed by atoms with Crippen LogP contribution in [-0.2, 0) is 24.3 Å². The number of benzene rings is 2. The van der Waals surface area contributed by atoms with Crippen LogP contribution in [0, 0.1) is 0 Å². The smallest absolute Gasteiger partial charge is 0.452 e. The van der Waals surface area contributed by atoms with E-state index in [-0.39, 0.29) is 4.90 Å². The zero-order chi connectivity index (χ0) is 23.9. The van der Waals surface area contributed by atoms with Gasteiger partial charge in [-0.2, -0.15) is 0 Å². The van der Waals surface area contributed by atoms with Gasteiger partial charge in [-0.25, -0.2) is 17.5 Å². The van der Waals surface area contributed by atoms with Gasteiger partial charge in [-0.05, 0) is 48.0 Å². The molecule has 0 fully saturated rings. The SMILES string of the molecule is CN(C)S(=O)(=O)c1ccc(NC(=O)COC(=O)/C=C/c2ccc(OC(F)(F)F)cc2)cc1. The lowest BCUT2D eigenvalue weighted by molar-refractivity contribution is -0.274. The monoisotopic (exact) mass is 472 g/mol. The maximum absolute atomic E-state index is 12.1. The highest BCUT2D eigenvalue weighted by molar-refractivity contribution is 7.89. The first-order valence-corrected chi connectivity index (χ1v) is 10.3. The van der Waals surface area contributed by atoms with Gasteiger partial charge in [0.1, 0.15) is 5.75 Å². The van der Waals surface area contributed by atoms with Crippen molar-refractivity contribution in [2.75, 3.05) is 26.0 Å². The number of nitrogens with zero attached hydrogens (tertiary/aromatic N) is 1. The number of halogens is 3. The highest BCUT2D eigenvalue weighted by Crippen LogP contribution is 2.23. The van der Waals surface area contributed by atoms with Crippen LogP contribution in [0.4, 0.5) is 18.9 Å². The van der Waals surface area contributed by atoms with Crippen LogP contribution >= 0.6 is 0 Å². The number of alkyl halides is 3. The van der Waals surface area contributed by atoms with E-state index in [1.165, 1.54) is 56.6 Å². The lowest BCUT2D eigenvalue weighted by atomic mass is 10.2. The van der Waals surface area contributed by atoms with Crippen molar-refractivity contribution < 1.29 is 40.7 Å². The van der Waals surface area contributed by atoms with E-state index in [1.807, 2.05) is 0 Å². The van der Waals surface area contributed by atoms with E-state index in [1.54, 1.807) is 0 Å². The molecule has 2 rings (SSSR count). The predicted octanol–water partition coefficient (Wildman–Crippen LogP) is 3.03. The summed E-state index contributed by atoms with van der Waals surface area (Å²) < 4.78 is 69.9. The highest BCUT2D eigenvalue weighted by atomic mass is 32.2. The summed E-state index contributed by atoms with van der Waals surface area (Å²) in [6.45, 7) is -0.598. The first kappa shape index (κ1) is 24.9. The number of sulfonamides is 1. The number of hydrogen-bond acceptors (Lipinski definition) is 6. The molecule has 0 aliphatic rings. The van der Waals surface area contributed by atoms with Crippen LogP contribution in [0.15, 0.2) is 59.5 Å². The van der Waals surface area contributed by atoms with Crippen molar-refractivity contribution in [3.8, 4) is 5.75 Å². The van der Waals surface area contributed by atoms with Crippen molar-refractivity contribution >= 4 is 33.7 Å². The minimum Gasteiger partial charge on any atom is -0.452 e. The number of ether oxygens (including phenoxy) is 2. The molecular formula is C20H19F3N2O6S. The molecule has 0 spiro atoms. The molecule has 32 heavy (non-hydrogen) atoms. The number of carbonyl (C=O) groups excluding carboxylic acids is 2. The minimum absolute atomic E-state index is 0.0510. The van der Waals surface area contributed by atoms with Gasteiger partial charge in [0, 0.05) is 25.9 Å². The van der Waals surface area contributed by atoms with Gasteiger partial charge in [0.15, 0.2) is 6.61 Å². The third-order valence-corrected chi connectivity index (χ3v) is 5.62. The predicted molar refractivity (Wildman–Crippen MR) is 109 cm³/mol. The molecule has 0 aromatic heterocycles. The number of amides is 1. The summed E-state index contributed by atoms with van der Waals surface area (Å²) in [5, 5.41) is 2.45. The molecule has 0 aliphatic heterocycles. The van der Waals surface area contributed by atoms with Gasteiger partial charge in [-0.3, -0.25) is 4.79 Å². The van der Waals surface area contributed by atoms with Gasteiger partial charge in [0.25, 0.3) is 5.91 Å². The van der Waals surface area contributed by atoms with Gasteiger partial charge in [-0.15, -0.1) is 13.2 Å². The maximum atomic E-state index is 12.1. The maximum Gasteiger partial charge on any atom is 0.573 e. The summed E-state index contributed by atoms with van der Waals surface area (Å²) in [6, 6.07) is 10.2. The van der Waals surface area contributed by atoms with Gasteiger partial charge >= 0.3 is 12.3 Å². The van der Waals surface area contributed by atoms with Crippen molar-refractivity contribution in [3.63, 3.8) is 0 Å². The Morgan fingerprint density at radius 3 is 2.16 bits per heavy atom. The van der Waals surface area contributed by atoms with E-state index in [0.717, 1.165) is 22.5 Å². The lowest BCUT2D eigenvalue weighted by Gasteiger charge is -2.12. The summed E-state index contributed by atoms with van der Waals surface area (Å²) in [6.07, 6.45) is -2.50. The molecule has 0 unspecified atom stereocenters. The third-order valence-electron chi connectivity index (χ3n) is 3.79. The summed E-state index contributed by atoms with van der Waals surface area (Å²) in [4.78, 5) is 23.7. The van der Waals surface area contributed by atoms with E-state index in [9.17, 15) is 31.2 Å². The zero-order valence-electron chi connectivity index (χ0n) is 16.9. The summed E-state index contributed by atoms with van der Waals surface area (Å²) >= 11 is 0. The number of hydrogen-bond donors (Lipinski definition) is 1. The first-order chi connectivity index (χ1) is 14.9. The molecule has 2 aromatic rings. The topological polar surface area (TPSA) is 102 Å². The van der Waals surface area contributed by atoms with Gasteiger partial charge in [0.05, 0.1) is 4.90 Å².